The van der Waals surface area contributed by atoms with Crippen molar-refractivity contribution in [1.82, 2.24) is 25.5 Å². The van der Waals surface area contributed by atoms with Gasteiger partial charge in [0, 0.05) is 34.2 Å². The SMILES string of the molecule is COC(=O)Cc1cccc(C(=O)NC(Cc2ccccc2)c2ccc(-c3cc(Cl)ccc3-n3cnnn3)c[n+]2[O-])c1. The summed E-state index contributed by atoms with van der Waals surface area (Å²) in [6, 6.07) is 24.4. The van der Waals surface area contributed by atoms with Gasteiger partial charge in [-0.1, -0.05) is 54.1 Å². The van der Waals surface area contributed by atoms with Crippen molar-refractivity contribution in [1.29, 1.82) is 0 Å². The number of ether oxygens (including phenoxy) is 1. The summed E-state index contributed by atoms with van der Waals surface area (Å²) in [5.41, 5.74) is 4.20. The molecular formula is C30H25ClN6O4. The van der Waals surface area contributed by atoms with Crippen LogP contribution in [0.2, 0.25) is 5.02 Å². The van der Waals surface area contributed by atoms with Crippen LogP contribution in [0, 0.1) is 5.21 Å². The predicted molar refractivity (Wildman–Crippen MR) is 151 cm³/mol. The number of hydrogen-bond acceptors (Lipinski definition) is 7. The van der Waals surface area contributed by atoms with Crippen LogP contribution < -0.4 is 10.0 Å². The molecule has 10 nitrogen and oxygen atoms in total. The molecule has 1 N–H and O–H groups in total. The molecule has 0 fully saturated rings. The number of nitrogens with one attached hydrogen (secondary N) is 1. The number of halogens is 1. The van der Waals surface area contributed by atoms with Gasteiger partial charge in [0.25, 0.3) is 5.91 Å². The number of carbonyl (C=O) groups is 2. The van der Waals surface area contributed by atoms with Crippen molar-refractivity contribution >= 4 is 23.5 Å². The minimum Gasteiger partial charge on any atom is -0.618 e. The summed E-state index contributed by atoms with van der Waals surface area (Å²) in [4.78, 5) is 25.1. The number of rotatable bonds is 9. The first-order chi connectivity index (χ1) is 19.9. The van der Waals surface area contributed by atoms with Crippen LogP contribution in [-0.4, -0.2) is 39.2 Å². The smallest absolute Gasteiger partial charge is 0.309 e. The molecule has 0 spiro atoms. The molecule has 41 heavy (non-hydrogen) atoms. The van der Waals surface area contributed by atoms with E-state index in [0.29, 0.717) is 45.1 Å². The molecule has 0 aliphatic carbocycles. The van der Waals surface area contributed by atoms with Crippen LogP contribution >= 0.6 is 11.6 Å². The third-order valence-corrected chi connectivity index (χ3v) is 6.76. The standard InChI is InChI=1S/C30H25ClN6O4/c1-41-29(38)16-21-8-5-9-22(14-21)30(39)33-26(15-20-6-3-2-4-7-20)28-12-10-23(18-37(28)40)25-17-24(31)11-13-27(25)36-19-32-34-35-36/h2-14,17-19,26H,15-16H2,1H3,(H,33,39). The Morgan fingerprint density at radius 2 is 1.83 bits per heavy atom. The first kappa shape index (κ1) is 27.5. The van der Waals surface area contributed by atoms with Crippen molar-refractivity contribution in [3.8, 4) is 16.8 Å². The third kappa shape index (κ3) is 6.56. The van der Waals surface area contributed by atoms with Gasteiger partial charge in [0.15, 0.2) is 6.20 Å². The van der Waals surface area contributed by atoms with E-state index >= 15 is 0 Å². The van der Waals surface area contributed by atoms with Gasteiger partial charge in [-0.2, -0.15) is 9.41 Å². The van der Waals surface area contributed by atoms with E-state index in [2.05, 4.69) is 20.8 Å². The topological polar surface area (TPSA) is 126 Å². The highest BCUT2D eigenvalue weighted by molar-refractivity contribution is 6.31. The molecule has 0 aliphatic heterocycles. The van der Waals surface area contributed by atoms with E-state index in [1.165, 1.54) is 24.3 Å². The van der Waals surface area contributed by atoms with Crippen molar-refractivity contribution in [3.05, 3.63) is 130 Å². The van der Waals surface area contributed by atoms with Crippen LogP contribution in [0.1, 0.15) is 33.2 Å². The number of amides is 1. The zero-order valence-corrected chi connectivity index (χ0v) is 22.7. The van der Waals surface area contributed by atoms with Crippen LogP contribution in [-0.2, 0) is 22.4 Å². The highest BCUT2D eigenvalue weighted by Crippen LogP contribution is 2.29. The molecular weight excluding hydrogens is 544 g/mol. The van der Waals surface area contributed by atoms with E-state index in [9.17, 15) is 14.8 Å². The lowest BCUT2D eigenvalue weighted by Gasteiger charge is -2.19. The lowest BCUT2D eigenvalue weighted by molar-refractivity contribution is -0.615. The van der Waals surface area contributed by atoms with Crippen molar-refractivity contribution < 1.29 is 19.1 Å². The van der Waals surface area contributed by atoms with Gasteiger partial charge in [-0.05, 0) is 58.0 Å². The molecule has 0 radical (unpaired) electrons. The second kappa shape index (κ2) is 12.4. The maximum absolute atomic E-state index is 13.5. The second-order valence-electron chi connectivity index (χ2n) is 9.25. The molecule has 206 valence electrons. The number of pyridine rings is 1. The molecule has 0 saturated carbocycles. The summed E-state index contributed by atoms with van der Waals surface area (Å²) >= 11 is 6.28. The molecule has 5 aromatic rings. The summed E-state index contributed by atoms with van der Waals surface area (Å²) in [5.74, 6) is -0.780. The number of nitrogens with zero attached hydrogens (tertiary/aromatic N) is 5. The van der Waals surface area contributed by atoms with E-state index in [0.717, 1.165) is 10.3 Å². The number of benzene rings is 3. The maximum Gasteiger partial charge on any atom is 0.309 e. The second-order valence-corrected chi connectivity index (χ2v) is 9.69. The Kier molecular flexibility index (Phi) is 8.31. The fourth-order valence-electron chi connectivity index (χ4n) is 4.51. The van der Waals surface area contributed by atoms with E-state index in [1.807, 2.05) is 30.3 Å². The van der Waals surface area contributed by atoms with Crippen molar-refractivity contribution in [2.75, 3.05) is 7.11 Å². The van der Waals surface area contributed by atoms with Gasteiger partial charge in [-0.15, -0.1) is 5.10 Å². The molecule has 2 heterocycles. The Morgan fingerprint density at radius 1 is 1.02 bits per heavy atom. The molecule has 2 aromatic heterocycles. The van der Waals surface area contributed by atoms with E-state index < -0.39 is 12.0 Å². The normalized spacial score (nSPS) is 11.6. The quantitative estimate of drug-likeness (QED) is 0.161. The minimum atomic E-state index is -0.654. The Balaban J connectivity index is 1.48. The highest BCUT2D eigenvalue weighted by Gasteiger charge is 2.25. The Bertz CT molecular complexity index is 1680. The van der Waals surface area contributed by atoms with Crippen LogP contribution in [0.3, 0.4) is 0 Å². The monoisotopic (exact) mass is 568 g/mol. The summed E-state index contributed by atoms with van der Waals surface area (Å²) in [6.45, 7) is 0. The number of hydrogen-bond donors (Lipinski definition) is 1. The van der Waals surface area contributed by atoms with Crippen LogP contribution in [0.15, 0.2) is 97.5 Å². The van der Waals surface area contributed by atoms with Gasteiger partial charge >= 0.3 is 5.97 Å². The molecule has 0 saturated heterocycles. The van der Waals surface area contributed by atoms with Crippen LogP contribution in [0.25, 0.3) is 16.8 Å². The lowest BCUT2D eigenvalue weighted by atomic mass is 9.99. The fourth-order valence-corrected chi connectivity index (χ4v) is 4.69. The average molecular weight is 569 g/mol. The Hall–Kier alpha value is -5.09. The summed E-state index contributed by atoms with van der Waals surface area (Å²) in [6.07, 6.45) is 3.32. The number of carbonyl (C=O) groups excluding carboxylic acids is 2. The van der Waals surface area contributed by atoms with Crippen molar-refractivity contribution in [2.45, 2.75) is 18.9 Å². The molecule has 1 atom stereocenters. The predicted octanol–water partition coefficient (Wildman–Crippen LogP) is 4.05. The van der Waals surface area contributed by atoms with Crippen LogP contribution in [0.5, 0.6) is 0 Å². The Morgan fingerprint density at radius 3 is 2.56 bits per heavy atom. The number of methoxy groups -OCH3 is 1. The largest absolute Gasteiger partial charge is 0.618 e. The van der Waals surface area contributed by atoms with Crippen molar-refractivity contribution in [2.24, 2.45) is 0 Å². The van der Waals surface area contributed by atoms with Crippen molar-refractivity contribution in [3.63, 3.8) is 0 Å². The summed E-state index contributed by atoms with van der Waals surface area (Å²) < 4.78 is 6.98. The van der Waals surface area contributed by atoms with Gasteiger partial charge in [0.2, 0.25) is 5.69 Å². The van der Waals surface area contributed by atoms with Gasteiger partial charge < -0.3 is 15.3 Å². The summed E-state index contributed by atoms with van der Waals surface area (Å²) in [7, 11) is 1.32. The third-order valence-electron chi connectivity index (χ3n) is 6.52. The highest BCUT2D eigenvalue weighted by atomic mass is 35.5. The summed E-state index contributed by atoms with van der Waals surface area (Å²) in [5, 5.41) is 28.3. The molecule has 1 unspecified atom stereocenters. The van der Waals surface area contributed by atoms with Gasteiger partial charge in [0.1, 0.15) is 12.4 Å². The maximum atomic E-state index is 13.5. The first-order valence-electron chi connectivity index (χ1n) is 12.7. The molecule has 0 bridgehead atoms. The Labute approximate surface area is 240 Å². The van der Waals surface area contributed by atoms with Gasteiger partial charge in [0.05, 0.1) is 19.2 Å². The molecule has 11 heteroatoms. The number of tetrazole rings is 1. The van der Waals surface area contributed by atoms with Gasteiger partial charge in [-0.3, -0.25) is 9.59 Å². The first-order valence-corrected chi connectivity index (χ1v) is 13.1. The molecule has 0 aliphatic rings. The lowest BCUT2D eigenvalue weighted by Crippen LogP contribution is -2.40. The fraction of sp³-hybridized carbons (Fsp3) is 0.133. The van der Waals surface area contributed by atoms with E-state index in [1.54, 1.807) is 54.6 Å². The molecule has 1 amide bonds. The average Bonchev–Trinajstić information content (AvgIpc) is 3.52. The van der Waals surface area contributed by atoms with E-state index in [4.69, 9.17) is 16.3 Å². The number of aromatic nitrogens is 5. The van der Waals surface area contributed by atoms with E-state index in [-0.39, 0.29) is 12.3 Å². The molecule has 3 aromatic carbocycles. The zero-order valence-electron chi connectivity index (χ0n) is 22.0. The van der Waals surface area contributed by atoms with Gasteiger partial charge in [-0.25, -0.2) is 0 Å². The molecule has 5 rings (SSSR count). The zero-order chi connectivity index (χ0) is 28.8. The minimum absolute atomic E-state index is 0.0449. The number of esters is 1. The van der Waals surface area contributed by atoms with Crippen LogP contribution in [0.4, 0.5) is 0 Å².